The predicted octanol–water partition coefficient (Wildman–Crippen LogP) is 5.54. The lowest BCUT2D eigenvalue weighted by atomic mass is 9.70. The van der Waals surface area contributed by atoms with Crippen molar-refractivity contribution in [2.24, 2.45) is 5.41 Å². The second-order valence-corrected chi connectivity index (χ2v) is 9.65. The molecule has 10 heteroatoms. The summed E-state index contributed by atoms with van der Waals surface area (Å²) in [4.78, 5) is 9.00. The highest BCUT2D eigenvalue weighted by Crippen LogP contribution is 2.43. The largest absolute Gasteiger partial charge is 0.493 e. The molecule has 7 nitrogen and oxygen atoms in total. The van der Waals surface area contributed by atoms with E-state index in [0.29, 0.717) is 47.3 Å². The topological polar surface area (TPSA) is 85.7 Å². The lowest BCUT2D eigenvalue weighted by Crippen LogP contribution is -2.39. The van der Waals surface area contributed by atoms with Crippen LogP contribution in [-0.4, -0.2) is 49.1 Å². The molecule has 1 saturated carbocycles. The Kier molecular flexibility index (Phi) is 7.80. The first-order valence-electron chi connectivity index (χ1n) is 12.2. The number of hydrogen-bond donors (Lipinski definition) is 2. The number of nitrogens with zero attached hydrogens (tertiary/aromatic N) is 2. The first-order chi connectivity index (χ1) is 17.6. The van der Waals surface area contributed by atoms with Gasteiger partial charge in [-0.3, -0.25) is 0 Å². The van der Waals surface area contributed by atoms with Crippen LogP contribution in [0, 0.1) is 18.2 Å². The van der Waals surface area contributed by atoms with Gasteiger partial charge in [-0.1, -0.05) is 18.6 Å². The molecule has 3 aromatic rings. The van der Waals surface area contributed by atoms with Crippen molar-refractivity contribution < 1.29 is 32.5 Å². The highest BCUT2D eigenvalue weighted by Gasteiger charge is 2.38. The van der Waals surface area contributed by atoms with Crippen molar-refractivity contribution >= 4 is 16.7 Å². The van der Waals surface area contributed by atoms with Crippen LogP contribution in [-0.2, 0) is 10.7 Å². The standard InChI is InChI=1S/C27H32F3N3O4/c1-16(18-7-5-8-20(24(18)28)27(29,30)13-34)31-25-19-11-23(37-15-26(14-35-3)9-6-10-26)22(36-4)12-21(19)32-17(2)33-25/h5,7-8,11-12,16,34H,6,9-10,13-15H2,1-4H3,(H,31,32,33)/t16-/m1/s1. The fourth-order valence-electron chi connectivity index (χ4n) is 4.71. The first kappa shape index (κ1) is 26.9. The Morgan fingerprint density at radius 1 is 1.14 bits per heavy atom. The lowest BCUT2D eigenvalue weighted by Gasteiger charge is -2.40. The fourth-order valence-corrected chi connectivity index (χ4v) is 4.71. The van der Waals surface area contributed by atoms with Gasteiger partial charge in [-0.05, 0) is 38.8 Å². The van der Waals surface area contributed by atoms with Gasteiger partial charge in [0.2, 0.25) is 0 Å². The number of anilines is 1. The highest BCUT2D eigenvalue weighted by molar-refractivity contribution is 5.92. The van der Waals surface area contributed by atoms with Crippen molar-refractivity contribution in [1.29, 1.82) is 0 Å². The summed E-state index contributed by atoms with van der Waals surface area (Å²) in [6, 6.07) is 6.53. The summed E-state index contributed by atoms with van der Waals surface area (Å²) < 4.78 is 60.3. The Morgan fingerprint density at radius 3 is 2.51 bits per heavy atom. The van der Waals surface area contributed by atoms with Crippen molar-refractivity contribution in [2.75, 3.05) is 39.4 Å². The summed E-state index contributed by atoms with van der Waals surface area (Å²) in [6.45, 7) is 2.96. The molecule has 0 aliphatic heterocycles. The molecule has 1 heterocycles. The summed E-state index contributed by atoms with van der Waals surface area (Å²) in [7, 11) is 3.23. The number of alkyl halides is 2. The average Bonchev–Trinajstić information content (AvgIpc) is 2.85. The number of aromatic nitrogens is 2. The molecule has 1 fully saturated rings. The number of benzene rings is 2. The maximum absolute atomic E-state index is 15.1. The third-order valence-corrected chi connectivity index (χ3v) is 6.93. The van der Waals surface area contributed by atoms with E-state index in [1.807, 2.05) is 0 Å². The highest BCUT2D eigenvalue weighted by atomic mass is 19.3. The van der Waals surface area contributed by atoms with Crippen molar-refractivity contribution in [2.45, 2.75) is 45.1 Å². The van der Waals surface area contributed by atoms with Gasteiger partial charge < -0.3 is 24.6 Å². The molecule has 1 aliphatic rings. The van der Waals surface area contributed by atoms with Gasteiger partial charge in [-0.2, -0.15) is 8.78 Å². The molecule has 1 aromatic heterocycles. The molecule has 0 spiro atoms. The van der Waals surface area contributed by atoms with Gasteiger partial charge in [0.05, 0.1) is 37.4 Å². The minimum Gasteiger partial charge on any atom is -0.493 e. The third kappa shape index (κ3) is 5.45. The van der Waals surface area contributed by atoms with Gasteiger partial charge in [0.25, 0.3) is 5.92 Å². The van der Waals surface area contributed by atoms with Gasteiger partial charge in [0.15, 0.2) is 11.5 Å². The number of halogens is 3. The fraction of sp³-hybridized carbons (Fsp3) is 0.481. The van der Waals surface area contributed by atoms with Crippen LogP contribution in [0.3, 0.4) is 0 Å². The number of aliphatic hydroxyl groups excluding tert-OH is 1. The van der Waals surface area contributed by atoms with Crippen LogP contribution in [0.2, 0.25) is 0 Å². The number of hydrogen-bond acceptors (Lipinski definition) is 7. The van der Waals surface area contributed by atoms with E-state index in [9.17, 15) is 8.78 Å². The zero-order valence-corrected chi connectivity index (χ0v) is 21.4. The van der Waals surface area contributed by atoms with E-state index in [1.165, 1.54) is 12.1 Å². The van der Waals surface area contributed by atoms with E-state index in [-0.39, 0.29) is 11.0 Å². The maximum atomic E-state index is 15.1. The number of fused-ring (bicyclic) bond motifs is 1. The molecule has 0 unspecified atom stereocenters. The Morgan fingerprint density at radius 2 is 1.89 bits per heavy atom. The SMILES string of the molecule is COCC1(COc2cc3c(N[C@H](C)c4cccc(C(F)(F)CO)c4F)nc(C)nc3cc2OC)CCC1. The monoisotopic (exact) mass is 519 g/mol. The summed E-state index contributed by atoms with van der Waals surface area (Å²) in [5, 5.41) is 12.8. The van der Waals surface area contributed by atoms with Gasteiger partial charge in [-0.15, -0.1) is 0 Å². The summed E-state index contributed by atoms with van der Waals surface area (Å²) >= 11 is 0. The summed E-state index contributed by atoms with van der Waals surface area (Å²) in [5.41, 5.74) is -0.284. The van der Waals surface area contributed by atoms with E-state index >= 15 is 4.39 Å². The quantitative estimate of drug-likeness (QED) is 0.344. The zero-order valence-electron chi connectivity index (χ0n) is 21.4. The van der Waals surface area contributed by atoms with Crippen molar-refractivity contribution in [3.63, 3.8) is 0 Å². The third-order valence-electron chi connectivity index (χ3n) is 6.93. The van der Waals surface area contributed by atoms with E-state index in [4.69, 9.17) is 19.3 Å². The van der Waals surface area contributed by atoms with Crippen LogP contribution in [0.4, 0.5) is 19.0 Å². The number of aliphatic hydroxyl groups is 1. The predicted molar refractivity (Wildman–Crippen MR) is 134 cm³/mol. The Labute approximate surface area is 214 Å². The molecular weight excluding hydrogens is 487 g/mol. The Bertz CT molecular complexity index is 1270. The molecule has 200 valence electrons. The molecule has 1 aliphatic carbocycles. The second-order valence-electron chi connectivity index (χ2n) is 9.65. The van der Waals surface area contributed by atoms with Gasteiger partial charge in [-0.25, -0.2) is 14.4 Å². The summed E-state index contributed by atoms with van der Waals surface area (Å²) in [5.74, 6) is -2.88. The number of rotatable bonds is 11. The molecule has 0 amide bonds. The molecule has 2 aromatic carbocycles. The molecule has 0 bridgehead atoms. The first-order valence-corrected chi connectivity index (χ1v) is 12.2. The van der Waals surface area contributed by atoms with Crippen molar-refractivity contribution in [3.05, 3.63) is 53.1 Å². The minimum atomic E-state index is -3.69. The second kappa shape index (κ2) is 10.7. The molecule has 0 radical (unpaired) electrons. The number of ether oxygens (including phenoxy) is 3. The van der Waals surface area contributed by atoms with Crippen LogP contribution in [0.1, 0.15) is 49.2 Å². The molecule has 4 rings (SSSR count). The van der Waals surface area contributed by atoms with Gasteiger partial charge in [0.1, 0.15) is 24.1 Å². The smallest absolute Gasteiger partial charge is 0.298 e. The van der Waals surface area contributed by atoms with Gasteiger partial charge >= 0.3 is 0 Å². The van der Waals surface area contributed by atoms with Gasteiger partial charge in [0, 0.05) is 29.5 Å². The van der Waals surface area contributed by atoms with Crippen molar-refractivity contribution in [3.8, 4) is 11.5 Å². The molecule has 0 saturated heterocycles. The van der Waals surface area contributed by atoms with Crippen LogP contribution >= 0.6 is 0 Å². The molecule has 2 N–H and O–H groups in total. The average molecular weight is 520 g/mol. The van der Waals surface area contributed by atoms with E-state index in [2.05, 4.69) is 15.3 Å². The van der Waals surface area contributed by atoms with E-state index in [1.54, 1.807) is 40.2 Å². The molecule has 37 heavy (non-hydrogen) atoms. The Hall–Kier alpha value is -3.11. The zero-order chi connectivity index (χ0) is 26.8. The number of methoxy groups -OCH3 is 2. The van der Waals surface area contributed by atoms with Crippen LogP contribution < -0.4 is 14.8 Å². The molecule has 1 atom stereocenters. The Balaban J connectivity index is 1.68. The molecular formula is C27H32F3N3O4. The van der Waals surface area contributed by atoms with Crippen LogP contribution in [0.5, 0.6) is 11.5 Å². The van der Waals surface area contributed by atoms with Crippen LogP contribution in [0.15, 0.2) is 30.3 Å². The van der Waals surface area contributed by atoms with Crippen LogP contribution in [0.25, 0.3) is 10.9 Å². The van der Waals surface area contributed by atoms with Crippen molar-refractivity contribution in [1.82, 2.24) is 9.97 Å². The normalized spacial score (nSPS) is 15.8. The number of nitrogens with one attached hydrogen (secondary N) is 1. The summed E-state index contributed by atoms with van der Waals surface area (Å²) in [6.07, 6.45) is 3.16. The van der Waals surface area contributed by atoms with E-state index < -0.39 is 30.0 Å². The minimum absolute atomic E-state index is 0.0199. The lowest BCUT2D eigenvalue weighted by molar-refractivity contribution is -0.0583. The van der Waals surface area contributed by atoms with E-state index in [0.717, 1.165) is 25.3 Å². The number of aryl methyl sites for hydroxylation is 1. The maximum Gasteiger partial charge on any atom is 0.298 e.